The largest absolute Gasteiger partial charge is 0.508 e. The Morgan fingerprint density at radius 3 is 2.13 bits per heavy atom. The van der Waals surface area contributed by atoms with E-state index in [1.807, 2.05) is 36.4 Å². The van der Waals surface area contributed by atoms with E-state index in [2.05, 4.69) is 4.90 Å². The maximum atomic E-state index is 10.3. The van der Waals surface area contributed by atoms with Crippen LogP contribution in [0.5, 0.6) is 17.2 Å². The third kappa shape index (κ3) is 10.1. The Labute approximate surface area is 226 Å². The molecule has 2 aromatic carbocycles. The van der Waals surface area contributed by atoms with Gasteiger partial charge in [-0.3, -0.25) is 14.5 Å². The summed E-state index contributed by atoms with van der Waals surface area (Å²) < 4.78 is 16.7. The number of para-hydroxylation sites is 1. The molecular weight excluding hydrogens is 514 g/mol. The minimum atomic E-state index is -2.74. The topological polar surface area (TPSA) is 183 Å². The molecule has 5 N–H and O–H groups in total. The van der Waals surface area contributed by atoms with Crippen molar-refractivity contribution < 1.29 is 54.1 Å². The van der Waals surface area contributed by atoms with Gasteiger partial charge in [0.15, 0.2) is 5.60 Å². The zero-order valence-electron chi connectivity index (χ0n) is 21.9. The molecule has 12 heteroatoms. The average Bonchev–Trinajstić information content (AvgIpc) is 3.37. The molecule has 1 aliphatic heterocycles. The van der Waals surface area contributed by atoms with Crippen LogP contribution in [-0.2, 0) is 32.2 Å². The molecule has 1 saturated heterocycles. The van der Waals surface area contributed by atoms with E-state index < -0.39 is 36.4 Å². The molecule has 0 aromatic heterocycles. The summed E-state index contributed by atoms with van der Waals surface area (Å²) in [6, 6.07) is 13.3. The Morgan fingerprint density at radius 2 is 1.62 bits per heavy atom. The molecule has 1 atom stereocenters. The van der Waals surface area contributed by atoms with E-state index in [1.54, 1.807) is 20.3 Å². The summed E-state index contributed by atoms with van der Waals surface area (Å²) in [4.78, 5) is 32.8. The molecule has 12 nitrogen and oxygen atoms in total. The van der Waals surface area contributed by atoms with Gasteiger partial charge in [0.1, 0.15) is 17.2 Å². The Kier molecular flexibility index (Phi) is 12.0. The van der Waals surface area contributed by atoms with Crippen molar-refractivity contribution in [2.24, 2.45) is 0 Å². The van der Waals surface area contributed by atoms with Crippen LogP contribution in [-0.4, -0.2) is 87.4 Å². The van der Waals surface area contributed by atoms with Crippen LogP contribution in [0.1, 0.15) is 36.8 Å². The second-order valence-electron chi connectivity index (χ2n) is 9.09. The number of benzene rings is 2. The zero-order chi connectivity index (χ0) is 29.0. The van der Waals surface area contributed by atoms with E-state index in [9.17, 15) is 19.5 Å². The van der Waals surface area contributed by atoms with Crippen LogP contribution in [0, 0.1) is 0 Å². The fraction of sp³-hybridized carbons (Fsp3) is 0.444. The molecule has 1 heterocycles. The number of ether oxygens (including phenoxy) is 3. The number of carbonyl (C=O) groups is 3. The maximum Gasteiger partial charge on any atom is 0.336 e. The number of carboxylic acid groups (broad SMARTS) is 3. The highest BCUT2D eigenvalue weighted by Gasteiger charge is 2.40. The fourth-order valence-corrected chi connectivity index (χ4v) is 4.11. The summed E-state index contributed by atoms with van der Waals surface area (Å²) in [5.74, 6) is -3.06. The van der Waals surface area contributed by atoms with Gasteiger partial charge in [-0.15, -0.1) is 0 Å². The molecule has 1 unspecified atom stereocenters. The van der Waals surface area contributed by atoms with Crippen molar-refractivity contribution in [3.05, 3.63) is 53.6 Å². The molecule has 39 heavy (non-hydrogen) atoms. The van der Waals surface area contributed by atoms with Gasteiger partial charge in [0.2, 0.25) is 0 Å². The standard InChI is InChI=1S/C21H27NO4.C6H8O7/c1-24-18-9-10-21(25-2)17(12-18)14-22(15-19-7-5-11-26-19)13-16-6-3-4-8-20(16)23;7-3(8)1-6(13,5(11)12)2-4(9)10/h3-4,6,8-10,12,19,23H,5,7,11,13-15H2,1-2H3;13H,1-2H2,(H,7,8)(H,9,10)(H,11,12). The molecule has 3 rings (SSSR count). The second kappa shape index (κ2) is 14.9. The molecule has 214 valence electrons. The van der Waals surface area contributed by atoms with Gasteiger partial charge in [-0.2, -0.15) is 0 Å². The number of nitrogens with zero attached hydrogens (tertiary/aromatic N) is 1. The normalized spacial score (nSPS) is 14.8. The van der Waals surface area contributed by atoms with Gasteiger partial charge < -0.3 is 39.7 Å². The van der Waals surface area contributed by atoms with Gasteiger partial charge in [-0.25, -0.2) is 4.79 Å². The minimum Gasteiger partial charge on any atom is -0.508 e. The highest BCUT2D eigenvalue weighted by atomic mass is 16.5. The predicted octanol–water partition coefficient (Wildman–Crippen LogP) is 2.34. The maximum absolute atomic E-state index is 10.3. The van der Waals surface area contributed by atoms with E-state index in [0.717, 1.165) is 48.6 Å². The summed E-state index contributed by atoms with van der Waals surface area (Å²) in [6.45, 7) is 2.98. The lowest BCUT2D eigenvalue weighted by molar-refractivity contribution is -0.170. The van der Waals surface area contributed by atoms with Crippen LogP contribution in [0.3, 0.4) is 0 Å². The first-order chi connectivity index (χ1) is 18.5. The smallest absolute Gasteiger partial charge is 0.336 e. The lowest BCUT2D eigenvalue weighted by Crippen LogP contribution is -2.42. The van der Waals surface area contributed by atoms with Crippen molar-refractivity contribution in [2.45, 2.75) is 50.5 Å². The third-order valence-corrected chi connectivity index (χ3v) is 6.04. The number of methoxy groups -OCH3 is 2. The molecule has 1 fully saturated rings. The van der Waals surface area contributed by atoms with E-state index in [1.165, 1.54) is 0 Å². The lowest BCUT2D eigenvalue weighted by atomic mass is 9.96. The molecule has 0 spiro atoms. The lowest BCUT2D eigenvalue weighted by Gasteiger charge is -2.26. The van der Waals surface area contributed by atoms with Gasteiger partial charge in [0.25, 0.3) is 0 Å². The van der Waals surface area contributed by atoms with Crippen LogP contribution in [0.2, 0.25) is 0 Å². The molecule has 0 bridgehead atoms. The summed E-state index contributed by atoms with van der Waals surface area (Å²) >= 11 is 0. The number of rotatable bonds is 13. The van der Waals surface area contributed by atoms with Gasteiger partial charge in [0.05, 0.1) is 33.2 Å². The highest BCUT2D eigenvalue weighted by molar-refractivity contribution is 5.88. The van der Waals surface area contributed by atoms with Crippen molar-refractivity contribution in [3.8, 4) is 17.2 Å². The summed E-state index contributed by atoms with van der Waals surface area (Å²) in [7, 11) is 3.34. The van der Waals surface area contributed by atoms with Crippen molar-refractivity contribution in [3.63, 3.8) is 0 Å². The van der Waals surface area contributed by atoms with Crippen molar-refractivity contribution in [1.82, 2.24) is 4.90 Å². The Morgan fingerprint density at radius 1 is 0.974 bits per heavy atom. The molecule has 0 radical (unpaired) electrons. The Balaban J connectivity index is 0.000000349. The first-order valence-electron chi connectivity index (χ1n) is 12.2. The second-order valence-corrected chi connectivity index (χ2v) is 9.09. The van der Waals surface area contributed by atoms with E-state index in [-0.39, 0.29) is 6.10 Å². The minimum absolute atomic E-state index is 0.234. The van der Waals surface area contributed by atoms with Gasteiger partial charge >= 0.3 is 17.9 Å². The highest BCUT2D eigenvalue weighted by Crippen LogP contribution is 2.28. The van der Waals surface area contributed by atoms with Gasteiger partial charge in [-0.05, 0) is 37.1 Å². The first-order valence-corrected chi connectivity index (χ1v) is 12.2. The molecule has 0 saturated carbocycles. The quantitative estimate of drug-likeness (QED) is 0.246. The number of phenolic OH excluding ortho intramolecular Hbond substituents is 1. The zero-order valence-corrected chi connectivity index (χ0v) is 21.9. The molecular formula is C27H35NO11. The Bertz CT molecular complexity index is 1100. The van der Waals surface area contributed by atoms with Gasteiger partial charge in [-0.1, -0.05) is 18.2 Å². The van der Waals surface area contributed by atoms with E-state index >= 15 is 0 Å². The number of hydrogen-bond donors (Lipinski definition) is 5. The van der Waals surface area contributed by atoms with Crippen LogP contribution in [0.4, 0.5) is 0 Å². The third-order valence-electron chi connectivity index (χ3n) is 6.04. The van der Waals surface area contributed by atoms with Gasteiger partial charge in [0, 0.05) is 37.4 Å². The van der Waals surface area contributed by atoms with Crippen LogP contribution < -0.4 is 9.47 Å². The Hall–Kier alpha value is -3.87. The molecule has 2 aromatic rings. The van der Waals surface area contributed by atoms with Crippen LogP contribution in [0.15, 0.2) is 42.5 Å². The summed E-state index contributed by atoms with van der Waals surface area (Å²) in [5, 5.41) is 44.0. The van der Waals surface area contributed by atoms with Crippen molar-refractivity contribution >= 4 is 17.9 Å². The monoisotopic (exact) mass is 549 g/mol. The van der Waals surface area contributed by atoms with E-state index in [4.69, 9.17) is 34.6 Å². The molecule has 0 amide bonds. The fourth-order valence-electron chi connectivity index (χ4n) is 4.11. The van der Waals surface area contributed by atoms with Crippen molar-refractivity contribution in [2.75, 3.05) is 27.4 Å². The molecule has 0 aliphatic carbocycles. The number of aliphatic carboxylic acids is 3. The van der Waals surface area contributed by atoms with Crippen molar-refractivity contribution in [1.29, 1.82) is 0 Å². The summed E-state index contributed by atoms with van der Waals surface area (Å²) in [6.07, 6.45) is 0.130. The summed E-state index contributed by atoms with van der Waals surface area (Å²) in [5.41, 5.74) is -0.773. The number of hydrogen-bond acceptors (Lipinski definition) is 9. The number of aromatic hydroxyl groups is 1. The predicted molar refractivity (Wildman–Crippen MR) is 138 cm³/mol. The molecule has 1 aliphatic rings. The van der Waals surface area contributed by atoms with Crippen LogP contribution >= 0.6 is 0 Å². The number of carboxylic acids is 3. The van der Waals surface area contributed by atoms with Crippen LogP contribution in [0.25, 0.3) is 0 Å². The first kappa shape index (κ1) is 31.3. The average molecular weight is 550 g/mol. The number of phenols is 1. The van der Waals surface area contributed by atoms with E-state index in [0.29, 0.717) is 18.8 Å². The number of aliphatic hydroxyl groups is 1. The SMILES string of the molecule is COc1ccc(OC)c(CN(Cc2ccccc2O)CC2CCCO2)c1.O=C(O)CC(O)(CC(=O)O)C(=O)O.